The molecule has 1 N–H and O–H groups in total. The van der Waals surface area contributed by atoms with E-state index in [0.29, 0.717) is 18.8 Å². The molecular weight excluding hydrogens is 244 g/mol. The maximum Gasteiger partial charge on any atom is 0.337 e. The van der Waals surface area contributed by atoms with E-state index < -0.39 is 5.97 Å². The third-order valence-corrected chi connectivity index (χ3v) is 2.52. The summed E-state index contributed by atoms with van der Waals surface area (Å²) in [5.74, 6) is -1.34. The molecule has 1 aromatic heterocycles. The number of aromatic nitrogens is 1. The van der Waals surface area contributed by atoms with Gasteiger partial charge in [-0.25, -0.2) is 9.78 Å². The van der Waals surface area contributed by atoms with E-state index >= 15 is 0 Å². The molecule has 0 unspecified atom stereocenters. The summed E-state index contributed by atoms with van der Waals surface area (Å²) in [5.41, 5.74) is 0.622. The van der Waals surface area contributed by atoms with Crippen LogP contribution in [0.1, 0.15) is 26.5 Å². The second-order valence-corrected chi connectivity index (χ2v) is 3.92. The van der Waals surface area contributed by atoms with Crippen molar-refractivity contribution in [2.24, 2.45) is 0 Å². The Balaban J connectivity index is 3.04. The van der Waals surface area contributed by atoms with E-state index in [-0.39, 0.29) is 17.2 Å². The Morgan fingerprint density at radius 2 is 1.89 bits per heavy atom. The van der Waals surface area contributed by atoms with E-state index in [1.54, 1.807) is 19.1 Å². The van der Waals surface area contributed by atoms with E-state index in [9.17, 15) is 9.59 Å². The van der Waals surface area contributed by atoms with Gasteiger partial charge in [0.1, 0.15) is 5.69 Å². The number of aryl methyl sites for hydroxylation is 1. The number of pyridine rings is 1. The highest BCUT2D eigenvalue weighted by atomic mass is 16.4. The number of amides is 1. The first kappa shape index (κ1) is 14.6. The Morgan fingerprint density at radius 1 is 1.32 bits per heavy atom. The van der Waals surface area contributed by atoms with Crippen molar-refractivity contribution in [3.8, 4) is 0 Å². The zero-order valence-corrected chi connectivity index (χ0v) is 10.8. The maximum absolute atomic E-state index is 12.2. The van der Waals surface area contributed by atoms with Crippen LogP contribution in [0.3, 0.4) is 0 Å². The van der Waals surface area contributed by atoms with E-state index in [2.05, 4.69) is 18.1 Å². The molecule has 1 amide bonds. The van der Waals surface area contributed by atoms with Gasteiger partial charge in [0.15, 0.2) is 0 Å². The third-order valence-electron chi connectivity index (χ3n) is 2.52. The normalized spacial score (nSPS) is 9.74. The first-order chi connectivity index (χ1) is 9.01. The molecule has 0 radical (unpaired) electrons. The van der Waals surface area contributed by atoms with Crippen molar-refractivity contribution in [2.75, 3.05) is 13.1 Å². The standard InChI is InChI=1S/C14H16N2O3/c1-4-8-16(9-5-2)13(17)12-7-6-11(14(18)19)10(3)15-12/h4-7H,1-2,8-9H2,3H3,(H,18,19). The molecule has 0 saturated heterocycles. The van der Waals surface area contributed by atoms with Crippen molar-refractivity contribution in [2.45, 2.75) is 6.92 Å². The number of aromatic carboxylic acids is 1. The fourth-order valence-electron chi connectivity index (χ4n) is 1.62. The largest absolute Gasteiger partial charge is 0.478 e. The van der Waals surface area contributed by atoms with Crippen molar-refractivity contribution in [3.63, 3.8) is 0 Å². The van der Waals surface area contributed by atoms with Gasteiger partial charge in [0.25, 0.3) is 5.91 Å². The summed E-state index contributed by atoms with van der Waals surface area (Å²) < 4.78 is 0. The van der Waals surface area contributed by atoms with Gasteiger partial charge in [-0.15, -0.1) is 13.2 Å². The van der Waals surface area contributed by atoms with Crippen molar-refractivity contribution in [1.82, 2.24) is 9.88 Å². The third kappa shape index (κ3) is 3.51. The smallest absolute Gasteiger partial charge is 0.337 e. The number of carboxylic acid groups (broad SMARTS) is 1. The lowest BCUT2D eigenvalue weighted by atomic mass is 10.2. The van der Waals surface area contributed by atoms with E-state index in [4.69, 9.17) is 5.11 Å². The molecule has 0 atom stereocenters. The van der Waals surface area contributed by atoms with Gasteiger partial charge in [0, 0.05) is 13.1 Å². The zero-order chi connectivity index (χ0) is 14.4. The van der Waals surface area contributed by atoms with Crippen LogP contribution in [0.4, 0.5) is 0 Å². The molecule has 0 spiro atoms. The summed E-state index contributed by atoms with van der Waals surface area (Å²) in [6, 6.07) is 2.80. The molecule has 1 heterocycles. The van der Waals surface area contributed by atoms with Gasteiger partial charge < -0.3 is 10.0 Å². The fourth-order valence-corrected chi connectivity index (χ4v) is 1.62. The number of hydrogen-bond donors (Lipinski definition) is 1. The van der Waals surface area contributed by atoms with Crippen molar-refractivity contribution < 1.29 is 14.7 Å². The Kier molecular flexibility index (Phi) is 5.00. The van der Waals surface area contributed by atoms with Gasteiger partial charge in [0.05, 0.1) is 11.3 Å². The second-order valence-electron chi connectivity index (χ2n) is 3.92. The number of carbonyl (C=O) groups is 2. The fraction of sp³-hybridized carbons (Fsp3) is 0.214. The van der Waals surface area contributed by atoms with Crippen molar-refractivity contribution in [1.29, 1.82) is 0 Å². The Labute approximate surface area is 111 Å². The van der Waals surface area contributed by atoms with Crippen molar-refractivity contribution >= 4 is 11.9 Å². The van der Waals surface area contributed by atoms with Crippen LogP contribution < -0.4 is 0 Å². The van der Waals surface area contributed by atoms with Gasteiger partial charge in [-0.1, -0.05) is 12.2 Å². The summed E-state index contributed by atoms with van der Waals surface area (Å²) in [5, 5.41) is 8.91. The van der Waals surface area contributed by atoms with Gasteiger partial charge >= 0.3 is 5.97 Å². The lowest BCUT2D eigenvalue weighted by Crippen LogP contribution is -2.32. The molecule has 19 heavy (non-hydrogen) atoms. The Morgan fingerprint density at radius 3 is 2.32 bits per heavy atom. The number of hydrogen-bond acceptors (Lipinski definition) is 3. The van der Waals surface area contributed by atoms with Crippen LogP contribution >= 0.6 is 0 Å². The van der Waals surface area contributed by atoms with Crippen LogP contribution in [-0.4, -0.2) is 40.0 Å². The average molecular weight is 260 g/mol. The van der Waals surface area contributed by atoms with Crippen LogP contribution in [0.2, 0.25) is 0 Å². The average Bonchev–Trinajstić information content (AvgIpc) is 2.37. The predicted octanol–water partition coefficient (Wildman–Crippen LogP) is 1.90. The second kappa shape index (κ2) is 6.49. The molecule has 0 aliphatic rings. The highest BCUT2D eigenvalue weighted by Crippen LogP contribution is 2.09. The zero-order valence-electron chi connectivity index (χ0n) is 10.8. The summed E-state index contributed by atoms with van der Waals surface area (Å²) >= 11 is 0. The van der Waals surface area contributed by atoms with Crippen LogP contribution in [0.25, 0.3) is 0 Å². The Hall–Kier alpha value is -2.43. The van der Waals surface area contributed by atoms with Gasteiger partial charge in [-0.05, 0) is 19.1 Å². The molecule has 0 aromatic carbocycles. The van der Waals surface area contributed by atoms with Crippen LogP contribution in [0, 0.1) is 6.92 Å². The lowest BCUT2D eigenvalue weighted by molar-refractivity contribution is 0.0693. The number of nitrogens with zero attached hydrogens (tertiary/aromatic N) is 2. The van der Waals surface area contributed by atoms with E-state index in [0.717, 1.165) is 0 Å². The monoisotopic (exact) mass is 260 g/mol. The highest BCUT2D eigenvalue weighted by Gasteiger charge is 2.17. The summed E-state index contributed by atoms with van der Waals surface area (Å²) in [7, 11) is 0. The molecule has 100 valence electrons. The molecule has 5 heteroatoms. The molecule has 0 bridgehead atoms. The molecule has 0 aliphatic carbocycles. The molecular formula is C14H16N2O3. The number of carboxylic acids is 1. The van der Waals surface area contributed by atoms with E-state index in [1.807, 2.05) is 0 Å². The predicted molar refractivity (Wildman–Crippen MR) is 72.2 cm³/mol. The van der Waals surface area contributed by atoms with Crippen LogP contribution in [0.15, 0.2) is 37.4 Å². The minimum atomic E-state index is -1.06. The molecule has 0 fully saturated rings. The number of rotatable bonds is 6. The lowest BCUT2D eigenvalue weighted by Gasteiger charge is -2.19. The van der Waals surface area contributed by atoms with Gasteiger partial charge in [0.2, 0.25) is 0 Å². The first-order valence-electron chi connectivity index (χ1n) is 5.73. The molecule has 1 aromatic rings. The summed E-state index contributed by atoms with van der Waals surface area (Å²) in [4.78, 5) is 28.6. The quantitative estimate of drug-likeness (QED) is 0.793. The van der Waals surface area contributed by atoms with Gasteiger partial charge in [-0.3, -0.25) is 4.79 Å². The summed E-state index contributed by atoms with van der Waals surface area (Å²) in [6.07, 6.45) is 3.22. The van der Waals surface area contributed by atoms with Gasteiger partial charge in [-0.2, -0.15) is 0 Å². The van der Waals surface area contributed by atoms with Crippen molar-refractivity contribution in [3.05, 3.63) is 54.4 Å². The maximum atomic E-state index is 12.2. The van der Waals surface area contributed by atoms with Crippen LogP contribution in [0.5, 0.6) is 0 Å². The molecule has 0 saturated carbocycles. The first-order valence-corrected chi connectivity index (χ1v) is 5.73. The summed E-state index contributed by atoms with van der Waals surface area (Å²) in [6.45, 7) is 9.50. The highest BCUT2D eigenvalue weighted by molar-refractivity contribution is 5.94. The SMILES string of the molecule is C=CCN(CC=C)C(=O)c1ccc(C(=O)O)c(C)n1. The number of carbonyl (C=O) groups excluding carboxylic acids is 1. The minimum Gasteiger partial charge on any atom is -0.478 e. The topological polar surface area (TPSA) is 70.5 Å². The van der Waals surface area contributed by atoms with Crippen LogP contribution in [-0.2, 0) is 0 Å². The molecule has 1 rings (SSSR count). The Bertz CT molecular complexity index is 513. The van der Waals surface area contributed by atoms with E-state index in [1.165, 1.54) is 17.0 Å². The molecule has 0 aliphatic heterocycles. The minimum absolute atomic E-state index is 0.0931. The molecule has 5 nitrogen and oxygen atoms in total.